The third kappa shape index (κ3) is 3.92. The SMILES string of the molecule is CCc1ccc(-c2csc(NC(=O)c3ccc(-c4ccnc(N)n4)s3)n2)cc1. The summed E-state index contributed by atoms with van der Waals surface area (Å²) in [4.78, 5) is 26.6. The van der Waals surface area contributed by atoms with Gasteiger partial charge in [0.1, 0.15) is 0 Å². The fourth-order valence-corrected chi connectivity index (χ4v) is 4.23. The van der Waals surface area contributed by atoms with Crippen LogP contribution < -0.4 is 11.1 Å². The van der Waals surface area contributed by atoms with Crippen molar-refractivity contribution in [2.45, 2.75) is 13.3 Å². The fraction of sp³-hybridized carbons (Fsp3) is 0.100. The highest BCUT2D eigenvalue weighted by molar-refractivity contribution is 7.17. The Morgan fingerprint density at radius 2 is 1.89 bits per heavy atom. The molecule has 0 unspecified atom stereocenters. The second-order valence-electron chi connectivity index (χ2n) is 6.01. The first-order chi connectivity index (χ1) is 13.6. The highest BCUT2D eigenvalue weighted by Crippen LogP contribution is 2.29. The number of rotatable bonds is 5. The number of nitrogen functional groups attached to an aromatic ring is 1. The molecule has 0 spiro atoms. The maximum atomic E-state index is 12.6. The minimum absolute atomic E-state index is 0.194. The van der Waals surface area contributed by atoms with Crippen LogP contribution in [0.1, 0.15) is 22.2 Å². The number of amides is 1. The number of hydrogen-bond acceptors (Lipinski definition) is 7. The van der Waals surface area contributed by atoms with Crippen molar-refractivity contribution in [1.29, 1.82) is 0 Å². The summed E-state index contributed by atoms with van der Waals surface area (Å²) in [6, 6.07) is 13.7. The monoisotopic (exact) mass is 407 g/mol. The Kier molecular flexibility index (Phi) is 5.14. The van der Waals surface area contributed by atoms with Crippen LogP contribution in [0.2, 0.25) is 0 Å². The van der Waals surface area contributed by atoms with E-state index in [9.17, 15) is 4.79 Å². The smallest absolute Gasteiger partial charge is 0.267 e. The van der Waals surface area contributed by atoms with Crippen LogP contribution in [0.5, 0.6) is 0 Å². The zero-order valence-electron chi connectivity index (χ0n) is 15.0. The average Bonchev–Trinajstić information content (AvgIpc) is 3.38. The van der Waals surface area contributed by atoms with E-state index < -0.39 is 0 Å². The van der Waals surface area contributed by atoms with Crippen molar-refractivity contribution in [3.05, 3.63) is 64.5 Å². The lowest BCUT2D eigenvalue weighted by molar-refractivity contribution is 0.103. The van der Waals surface area contributed by atoms with E-state index in [-0.39, 0.29) is 11.9 Å². The molecule has 4 rings (SSSR count). The molecule has 0 aliphatic heterocycles. The minimum Gasteiger partial charge on any atom is -0.368 e. The van der Waals surface area contributed by atoms with Crippen LogP contribution in [0.25, 0.3) is 21.8 Å². The van der Waals surface area contributed by atoms with Crippen molar-refractivity contribution in [1.82, 2.24) is 15.0 Å². The fourth-order valence-electron chi connectivity index (χ4n) is 2.64. The molecule has 0 atom stereocenters. The predicted octanol–water partition coefficient (Wildman–Crippen LogP) is 4.73. The van der Waals surface area contributed by atoms with Gasteiger partial charge in [-0.2, -0.15) is 0 Å². The van der Waals surface area contributed by atoms with E-state index in [1.807, 2.05) is 11.4 Å². The quantitative estimate of drug-likeness (QED) is 0.499. The molecule has 3 aromatic heterocycles. The highest BCUT2D eigenvalue weighted by Gasteiger charge is 2.14. The molecule has 1 amide bonds. The van der Waals surface area contributed by atoms with Crippen LogP contribution in [0.4, 0.5) is 11.1 Å². The molecule has 4 aromatic rings. The van der Waals surface area contributed by atoms with E-state index in [1.165, 1.54) is 28.2 Å². The van der Waals surface area contributed by atoms with Crippen molar-refractivity contribution in [3.63, 3.8) is 0 Å². The maximum absolute atomic E-state index is 12.6. The summed E-state index contributed by atoms with van der Waals surface area (Å²) < 4.78 is 0. The van der Waals surface area contributed by atoms with Crippen molar-refractivity contribution in [3.8, 4) is 21.8 Å². The van der Waals surface area contributed by atoms with Gasteiger partial charge in [-0.1, -0.05) is 31.2 Å². The predicted molar refractivity (Wildman–Crippen MR) is 115 cm³/mol. The van der Waals surface area contributed by atoms with Crippen LogP contribution in [0.15, 0.2) is 54.0 Å². The van der Waals surface area contributed by atoms with Gasteiger partial charge in [-0.25, -0.2) is 15.0 Å². The van der Waals surface area contributed by atoms with Gasteiger partial charge < -0.3 is 5.73 Å². The number of hydrogen-bond donors (Lipinski definition) is 2. The van der Waals surface area contributed by atoms with Crippen LogP contribution in [-0.2, 0) is 6.42 Å². The molecule has 6 nitrogen and oxygen atoms in total. The second-order valence-corrected chi connectivity index (χ2v) is 7.95. The lowest BCUT2D eigenvalue weighted by Crippen LogP contribution is -2.09. The molecule has 28 heavy (non-hydrogen) atoms. The van der Waals surface area contributed by atoms with E-state index in [2.05, 4.69) is 51.5 Å². The Morgan fingerprint density at radius 1 is 1.07 bits per heavy atom. The molecule has 0 fully saturated rings. The molecule has 0 bridgehead atoms. The first-order valence-corrected chi connectivity index (χ1v) is 10.4. The number of nitrogens with two attached hydrogens (primary N) is 1. The van der Waals surface area contributed by atoms with Gasteiger partial charge in [0.2, 0.25) is 5.95 Å². The molecule has 0 saturated carbocycles. The first kappa shape index (κ1) is 18.3. The Hall–Kier alpha value is -3.10. The van der Waals surface area contributed by atoms with Gasteiger partial charge in [0.25, 0.3) is 5.91 Å². The van der Waals surface area contributed by atoms with Crippen LogP contribution in [0, 0.1) is 0 Å². The zero-order valence-corrected chi connectivity index (χ0v) is 16.7. The summed E-state index contributed by atoms with van der Waals surface area (Å²) in [7, 11) is 0. The van der Waals surface area contributed by atoms with Crippen molar-refractivity contribution >= 4 is 39.7 Å². The van der Waals surface area contributed by atoms with E-state index in [1.54, 1.807) is 18.3 Å². The number of nitrogens with one attached hydrogen (secondary N) is 1. The van der Waals surface area contributed by atoms with Crippen LogP contribution >= 0.6 is 22.7 Å². The molecular weight excluding hydrogens is 390 g/mol. The van der Waals surface area contributed by atoms with E-state index in [0.717, 1.165) is 22.6 Å². The molecule has 0 aliphatic rings. The van der Waals surface area contributed by atoms with Crippen LogP contribution in [-0.4, -0.2) is 20.9 Å². The number of nitrogens with zero attached hydrogens (tertiary/aromatic N) is 3. The number of aromatic nitrogens is 3. The van der Waals surface area contributed by atoms with Gasteiger partial charge in [-0.15, -0.1) is 22.7 Å². The van der Waals surface area contributed by atoms with Crippen molar-refractivity contribution < 1.29 is 4.79 Å². The van der Waals surface area contributed by atoms with Crippen LogP contribution in [0.3, 0.4) is 0 Å². The van der Waals surface area contributed by atoms with E-state index in [4.69, 9.17) is 5.73 Å². The van der Waals surface area contributed by atoms with Gasteiger partial charge >= 0.3 is 0 Å². The second kappa shape index (κ2) is 7.87. The zero-order chi connectivity index (χ0) is 19.5. The summed E-state index contributed by atoms with van der Waals surface area (Å²) in [5, 5.41) is 5.38. The number of carbonyl (C=O) groups excluding carboxylic acids is 1. The third-order valence-corrected chi connectivity index (χ3v) is 6.00. The number of thiazole rings is 1. The molecule has 1 aromatic carbocycles. The first-order valence-electron chi connectivity index (χ1n) is 8.67. The van der Waals surface area contributed by atoms with Gasteiger partial charge in [-0.3, -0.25) is 10.1 Å². The molecule has 0 aliphatic carbocycles. The molecule has 3 N–H and O–H groups in total. The largest absolute Gasteiger partial charge is 0.368 e. The summed E-state index contributed by atoms with van der Waals surface area (Å²) >= 11 is 2.76. The molecule has 0 saturated heterocycles. The Morgan fingerprint density at radius 3 is 2.64 bits per heavy atom. The number of aryl methyl sites for hydroxylation is 1. The Bertz CT molecular complexity index is 1120. The van der Waals surface area contributed by atoms with E-state index >= 15 is 0 Å². The average molecular weight is 408 g/mol. The molecule has 140 valence electrons. The lowest BCUT2D eigenvalue weighted by Gasteiger charge is -2.00. The topological polar surface area (TPSA) is 93.8 Å². The minimum atomic E-state index is -0.194. The number of anilines is 2. The van der Waals surface area contributed by atoms with Crippen molar-refractivity contribution in [2.75, 3.05) is 11.1 Å². The molecule has 8 heteroatoms. The van der Waals surface area contributed by atoms with Gasteiger partial charge in [0.05, 0.1) is 21.1 Å². The van der Waals surface area contributed by atoms with Crippen molar-refractivity contribution in [2.24, 2.45) is 0 Å². The van der Waals surface area contributed by atoms with Gasteiger partial charge in [0.15, 0.2) is 5.13 Å². The molecular formula is C20H17N5OS2. The van der Waals surface area contributed by atoms with E-state index in [0.29, 0.717) is 15.7 Å². The summed E-state index contributed by atoms with van der Waals surface area (Å²) in [6.07, 6.45) is 2.60. The third-order valence-electron chi connectivity index (χ3n) is 4.14. The maximum Gasteiger partial charge on any atom is 0.267 e. The lowest BCUT2D eigenvalue weighted by atomic mass is 10.1. The summed E-state index contributed by atoms with van der Waals surface area (Å²) in [6.45, 7) is 2.13. The normalized spacial score (nSPS) is 10.8. The summed E-state index contributed by atoms with van der Waals surface area (Å²) in [5.74, 6) is 0.0136. The van der Waals surface area contributed by atoms with Gasteiger partial charge in [-0.05, 0) is 30.2 Å². The number of carbonyl (C=O) groups is 1. The molecule has 3 heterocycles. The van der Waals surface area contributed by atoms with Gasteiger partial charge in [0, 0.05) is 17.1 Å². The number of benzene rings is 1. The molecule has 0 radical (unpaired) electrons. The summed E-state index contributed by atoms with van der Waals surface area (Å²) in [5.41, 5.74) is 9.50. The highest BCUT2D eigenvalue weighted by atomic mass is 32.1. The Balaban J connectivity index is 1.48. The standard InChI is InChI=1S/C20H17N5OS2/c1-2-12-3-5-13(6-4-12)15-11-27-20(24-15)25-18(26)17-8-7-16(28-17)14-9-10-22-19(21)23-14/h3-11H,2H2,1H3,(H2,21,22,23)(H,24,25,26). The number of thiophene rings is 1. The Labute approximate surface area is 170 Å².